The molecule has 0 rings (SSSR count). The molecule has 0 heterocycles. The molecule has 3 N–H and O–H groups in total. The van der Waals surface area contributed by atoms with Gasteiger partial charge in [0.15, 0.2) is 0 Å². The van der Waals surface area contributed by atoms with Gasteiger partial charge in [-0.15, -0.1) is 0 Å². The Hall–Kier alpha value is -2.69. The zero-order valence-electron chi connectivity index (χ0n) is 40.9. The second kappa shape index (κ2) is 52.7. The molecule has 4 heteroatoms. The summed E-state index contributed by atoms with van der Waals surface area (Å²) >= 11 is 0. The SMILES string of the molecule is CC/C=C\C/C=C\C/C=C\C/C=C\C/C=C\C/C=C\C/C=C\CCCCCCCCCCCC(=O)NC(CO)C(O)/C=C/CCCCCCCCCCCCCCCCCCC. The van der Waals surface area contributed by atoms with Crippen molar-refractivity contribution in [1.82, 2.24) is 5.32 Å². The summed E-state index contributed by atoms with van der Waals surface area (Å²) in [5.74, 6) is -0.0731. The Balaban J connectivity index is 3.60. The van der Waals surface area contributed by atoms with Crippen molar-refractivity contribution >= 4 is 5.91 Å². The molecule has 0 aliphatic heterocycles. The average Bonchev–Trinajstić information content (AvgIpc) is 3.28. The first kappa shape index (κ1) is 59.3. The molecule has 1 amide bonds. The molecular weight excluding hydrogens is 759 g/mol. The van der Waals surface area contributed by atoms with Crippen LogP contribution in [0.15, 0.2) is 97.2 Å². The van der Waals surface area contributed by atoms with Crippen molar-refractivity contribution in [3.05, 3.63) is 97.2 Å². The third kappa shape index (κ3) is 48.3. The highest BCUT2D eigenvalue weighted by molar-refractivity contribution is 5.76. The number of aliphatic hydroxyl groups excluding tert-OH is 2. The van der Waals surface area contributed by atoms with E-state index in [-0.39, 0.29) is 12.5 Å². The Morgan fingerprint density at radius 1 is 0.403 bits per heavy atom. The molecule has 0 spiro atoms. The smallest absolute Gasteiger partial charge is 0.220 e. The van der Waals surface area contributed by atoms with Crippen LogP contribution in [0.1, 0.15) is 245 Å². The van der Waals surface area contributed by atoms with Crippen molar-refractivity contribution in [2.45, 2.75) is 257 Å². The van der Waals surface area contributed by atoms with Crippen LogP contribution in [-0.2, 0) is 4.79 Å². The normalized spacial score (nSPS) is 13.7. The molecule has 4 nitrogen and oxygen atoms in total. The van der Waals surface area contributed by atoms with E-state index in [1.165, 1.54) is 154 Å². The molecule has 0 saturated heterocycles. The number of amides is 1. The molecule has 356 valence electrons. The Morgan fingerprint density at radius 3 is 1.06 bits per heavy atom. The van der Waals surface area contributed by atoms with E-state index < -0.39 is 12.1 Å². The van der Waals surface area contributed by atoms with Gasteiger partial charge in [0.25, 0.3) is 0 Å². The third-order valence-corrected chi connectivity index (χ3v) is 11.6. The van der Waals surface area contributed by atoms with E-state index in [2.05, 4.69) is 104 Å². The summed E-state index contributed by atoms with van der Waals surface area (Å²) in [6.45, 7) is 4.20. The van der Waals surface area contributed by atoms with E-state index in [9.17, 15) is 15.0 Å². The molecule has 62 heavy (non-hydrogen) atoms. The van der Waals surface area contributed by atoms with Gasteiger partial charge in [-0.25, -0.2) is 0 Å². The summed E-state index contributed by atoms with van der Waals surface area (Å²) in [5, 5.41) is 23.1. The van der Waals surface area contributed by atoms with E-state index in [1.54, 1.807) is 6.08 Å². The van der Waals surface area contributed by atoms with Gasteiger partial charge in [0.2, 0.25) is 5.91 Å². The lowest BCUT2D eigenvalue weighted by atomic mass is 10.0. The minimum Gasteiger partial charge on any atom is -0.394 e. The van der Waals surface area contributed by atoms with Gasteiger partial charge in [-0.3, -0.25) is 4.79 Å². The monoisotopic (exact) mass is 860 g/mol. The summed E-state index contributed by atoms with van der Waals surface area (Å²) in [7, 11) is 0. The molecule has 0 aromatic rings. The highest BCUT2D eigenvalue weighted by Crippen LogP contribution is 2.15. The van der Waals surface area contributed by atoms with Crippen LogP contribution in [0, 0.1) is 0 Å². The van der Waals surface area contributed by atoms with Gasteiger partial charge in [0, 0.05) is 6.42 Å². The molecule has 2 unspecified atom stereocenters. The Bertz CT molecular complexity index is 1160. The molecule has 0 radical (unpaired) electrons. The minimum absolute atomic E-state index is 0.0731. The van der Waals surface area contributed by atoms with Crippen LogP contribution in [0.3, 0.4) is 0 Å². The Morgan fingerprint density at radius 2 is 0.710 bits per heavy atom. The van der Waals surface area contributed by atoms with Gasteiger partial charge in [0.05, 0.1) is 18.8 Å². The molecule has 0 aromatic carbocycles. The van der Waals surface area contributed by atoms with Gasteiger partial charge in [0.1, 0.15) is 0 Å². The lowest BCUT2D eigenvalue weighted by Gasteiger charge is -2.20. The summed E-state index contributed by atoms with van der Waals surface area (Å²) in [4.78, 5) is 12.5. The molecule has 2 atom stereocenters. The van der Waals surface area contributed by atoms with E-state index in [0.29, 0.717) is 6.42 Å². The summed E-state index contributed by atoms with van der Waals surface area (Å²) in [6.07, 6.45) is 78.3. The van der Waals surface area contributed by atoms with Crippen LogP contribution in [-0.4, -0.2) is 34.9 Å². The van der Waals surface area contributed by atoms with Crippen LogP contribution in [0.25, 0.3) is 0 Å². The minimum atomic E-state index is -0.848. The first-order valence-corrected chi connectivity index (χ1v) is 26.5. The molecule has 0 saturated carbocycles. The van der Waals surface area contributed by atoms with Crippen LogP contribution in [0.4, 0.5) is 0 Å². The van der Waals surface area contributed by atoms with Crippen molar-refractivity contribution in [3.63, 3.8) is 0 Å². The van der Waals surface area contributed by atoms with Gasteiger partial charge >= 0.3 is 0 Å². The van der Waals surface area contributed by atoms with Crippen molar-refractivity contribution < 1.29 is 15.0 Å². The summed E-state index contributed by atoms with van der Waals surface area (Å²) < 4.78 is 0. The molecular formula is C58H101NO3. The predicted molar refractivity (Wildman–Crippen MR) is 276 cm³/mol. The van der Waals surface area contributed by atoms with Gasteiger partial charge in [-0.05, 0) is 77.0 Å². The van der Waals surface area contributed by atoms with Crippen molar-refractivity contribution in [1.29, 1.82) is 0 Å². The summed E-state index contributed by atoms with van der Waals surface area (Å²) in [5.41, 5.74) is 0. The maximum atomic E-state index is 12.5. The van der Waals surface area contributed by atoms with Crippen LogP contribution in [0.5, 0.6) is 0 Å². The lowest BCUT2D eigenvalue weighted by Crippen LogP contribution is -2.45. The van der Waals surface area contributed by atoms with Crippen LogP contribution in [0.2, 0.25) is 0 Å². The molecule has 0 bridgehead atoms. The van der Waals surface area contributed by atoms with E-state index in [4.69, 9.17) is 0 Å². The van der Waals surface area contributed by atoms with Gasteiger partial charge in [-0.1, -0.05) is 259 Å². The molecule has 0 fully saturated rings. The zero-order valence-corrected chi connectivity index (χ0v) is 40.9. The Labute approximate surface area is 385 Å². The fourth-order valence-electron chi connectivity index (χ4n) is 7.57. The molecule has 0 aromatic heterocycles. The first-order chi connectivity index (χ1) is 30.7. The van der Waals surface area contributed by atoms with Gasteiger partial charge < -0.3 is 15.5 Å². The third-order valence-electron chi connectivity index (χ3n) is 11.6. The number of unbranched alkanes of at least 4 members (excludes halogenated alkanes) is 26. The van der Waals surface area contributed by atoms with Crippen molar-refractivity contribution in [3.8, 4) is 0 Å². The summed E-state index contributed by atoms with van der Waals surface area (Å²) in [6, 6.07) is -0.632. The molecule has 0 aliphatic rings. The Kier molecular flexibility index (Phi) is 50.4. The van der Waals surface area contributed by atoms with Crippen LogP contribution < -0.4 is 5.32 Å². The number of hydrogen-bond donors (Lipinski definition) is 3. The number of carbonyl (C=O) groups is 1. The van der Waals surface area contributed by atoms with E-state index in [1.807, 2.05) is 6.08 Å². The fraction of sp³-hybridized carbons (Fsp3) is 0.707. The zero-order chi connectivity index (χ0) is 44.9. The standard InChI is InChI=1S/C58H101NO3/c1-3-5-7-9-11-13-15-17-19-21-23-24-25-26-27-28-29-30-31-32-33-34-36-38-40-42-44-46-48-50-52-54-58(62)59-56(55-60)57(61)53-51-49-47-45-43-41-39-37-35-22-20-18-16-14-12-10-8-6-4-2/h5,7,11,13,17,19,23-24,26-27,29-30,32-33,51,53,56-57,60-61H,3-4,6,8-10,12,14-16,18,20-22,25,28,31,34-50,52,54-55H2,1-2H3,(H,59,62)/b7-5-,13-11-,19-17-,24-23-,27-26-,30-29-,33-32-,53-51+. The maximum absolute atomic E-state index is 12.5. The largest absolute Gasteiger partial charge is 0.394 e. The fourth-order valence-corrected chi connectivity index (χ4v) is 7.57. The highest BCUT2D eigenvalue weighted by atomic mass is 16.3. The quantitative estimate of drug-likeness (QED) is 0.0422. The number of allylic oxidation sites excluding steroid dienone is 15. The van der Waals surface area contributed by atoms with Crippen LogP contribution >= 0.6 is 0 Å². The van der Waals surface area contributed by atoms with Gasteiger partial charge in [-0.2, -0.15) is 0 Å². The number of aliphatic hydroxyl groups is 2. The van der Waals surface area contributed by atoms with E-state index in [0.717, 1.165) is 70.6 Å². The number of carbonyl (C=O) groups excluding carboxylic acids is 1. The second-order valence-corrected chi connectivity index (χ2v) is 17.6. The second-order valence-electron chi connectivity index (χ2n) is 17.6. The number of hydrogen-bond acceptors (Lipinski definition) is 3. The molecule has 0 aliphatic carbocycles. The number of rotatable bonds is 47. The first-order valence-electron chi connectivity index (χ1n) is 26.5. The average molecular weight is 860 g/mol. The number of nitrogens with one attached hydrogen (secondary N) is 1. The lowest BCUT2D eigenvalue weighted by molar-refractivity contribution is -0.123. The highest BCUT2D eigenvalue weighted by Gasteiger charge is 2.18. The van der Waals surface area contributed by atoms with Crippen molar-refractivity contribution in [2.24, 2.45) is 0 Å². The van der Waals surface area contributed by atoms with E-state index >= 15 is 0 Å². The predicted octanol–water partition coefficient (Wildman–Crippen LogP) is 17.4. The topological polar surface area (TPSA) is 69.6 Å². The van der Waals surface area contributed by atoms with Crippen molar-refractivity contribution in [2.75, 3.05) is 6.61 Å². The maximum Gasteiger partial charge on any atom is 0.220 e.